The smallest absolute Gasteiger partial charge is 0.245 e. The number of allylic oxidation sites excluding steroid dienone is 1. The predicted molar refractivity (Wildman–Crippen MR) is 38.6 cm³/mol. The SMILES string of the molecule is CN(C)C(=O)C=CCCl. The van der Waals surface area contributed by atoms with Crippen LogP contribution in [0, 0.1) is 0 Å². The summed E-state index contributed by atoms with van der Waals surface area (Å²) in [6, 6.07) is 0. The molecule has 0 radical (unpaired) electrons. The summed E-state index contributed by atoms with van der Waals surface area (Å²) in [5.74, 6) is 0.357. The van der Waals surface area contributed by atoms with Gasteiger partial charge in [-0.05, 0) is 0 Å². The second kappa shape index (κ2) is 4.39. The lowest BCUT2D eigenvalue weighted by Gasteiger charge is -2.04. The average molecular weight is 148 g/mol. The lowest BCUT2D eigenvalue weighted by Crippen LogP contribution is -2.18. The van der Waals surface area contributed by atoms with Gasteiger partial charge in [-0.2, -0.15) is 0 Å². The zero-order chi connectivity index (χ0) is 7.28. The fourth-order valence-corrected chi connectivity index (χ4v) is 0.384. The molecule has 0 aromatic rings. The minimum Gasteiger partial charge on any atom is -0.345 e. The van der Waals surface area contributed by atoms with Crippen molar-refractivity contribution >= 4 is 17.5 Å². The summed E-state index contributed by atoms with van der Waals surface area (Å²) in [4.78, 5) is 12.2. The van der Waals surface area contributed by atoms with E-state index in [1.807, 2.05) is 0 Å². The van der Waals surface area contributed by atoms with Crippen LogP contribution in [-0.4, -0.2) is 30.8 Å². The molecule has 0 aliphatic carbocycles. The summed E-state index contributed by atoms with van der Waals surface area (Å²) < 4.78 is 0. The number of nitrogens with zero attached hydrogens (tertiary/aromatic N) is 1. The zero-order valence-electron chi connectivity index (χ0n) is 5.60. The number of carbonyl (C=O) groups excluding carboxylic acids is 1. The summed E-state index contributed by atoms with van der Waals surface area (Å²) in [6.07, 6.45) is 3.07. The van der Waals surface area contributed by atoms with E-state index in [1.54, 1.807) is 20.2 Å². The van der Waals surface area contributed by atoms with Crippen LogP contribution in [0.25, 0.3) is 0 Å². The number of amides is 1. The lowest BCUT2D eigenvalue weighted by atomic mass is 10.5. The minimum absolute atomic E-state index is 0.0318. The van der Waals surface area contributed by atoms with Crippen molar-refractivity contribution in [3.63, 3.8) is 0 Å². The van der Waals surface area contributed by atoms with Gasteiger partial charge in [0.1, 0.15) is 0 Å². The maximum atomic E-state index is 10.7. The molecule has 0 aliphatic heterocycles. The average Bonchev–Trinajstić information content (AvgIpc) is 1.82. The van der Waals surface area contributed by atoms with E-state index in [0.29, 0.717) is 5.88 Å². The van der Waals surface area contributed by atoms with Gasteiger partial charge in [-0.3, -0.25) is 4.79 Å². The van der Waals surface area contributed by atoms with Crippen molar-refractivity contribution in [2.24, 2.45) is 0 Å². The molecule has 2 nitrogen and oxygen atoms in total. The Kier molecular flexibility index (Phi) is 4.14. The van der Waals surface area contributed by atoms with Crippen LogP contribution in [-0.2, 0) is 4.79 Å². The number of rotatable bonds is 2. The molecule has 0 spiro atoms. The van der Waals surface area contributed by atoms with Crippen molar-refractivity contribution in [3.05, 3.63) is 12.2 Å². The topological polar surface area (TPSA) is 20.3 Å². The van der Waals surface area contributed by atoms with Gasteiger partial charge in [0.25, 0.3) is 0 Å². The fraction of sp³-hybridized carbons (Fsp3) is 0.500. The van der Waals surface area contributed by atoms with Crippen molar-refractivity contribution in [1.82, 2.24) is 4.90 Å². The summed E-state index contributed by atoms with van der Waals surface area (Å²) in [6.45, 7) is 0. The van der Waals surface area contributed by atoms with Crippen LogP contribution in [0.2, 0.25) is 0 Å². The number of halogens is 1. The first-order valence-corrected chi connectivity index (χ1v) is 3.15. The normalized spacial score (nSPS) is 10.1. The van der Waals surface area contributed by atoms with Crippen LogP contribution in [0.4, 0.5) is 0 Å². The van der Waals surface area contributed by atoms with Gasteiger partial charge in [-0.1, -0.05) is 6.08 Å². The van der Waals surface area contributed by atoms with E-state index in [1.165, 1.54) is 11.0 Å². The molecular formula is C6H10ClNO. The third kappa shape index (κ3) is 4.03. The van der Waals surface area contributed by atoms with Crippen LogP contribution in [0.15, 0.2) is 12.2 Å². The van der Waals surface area contributed by atoms with Gasteiger partial charge in [0.2, 0.25) is 5.91 Å². The molecule has 1 amide bonds. The first-order chi connectivity index (χ1) is 4.18. The van der Waals surface area contributed by atoms with Gasteiger partial charge < -0.3 is 4.90 Å². The first kappa shape index (κ1) is 8.50. The molecule has 9 heavy (non-hydrogen) atoms. The van der Waals surface area contributed by atoms with Crippen molar-refractivity contribution in [3.8, 4) is 0 Å². The molecule has 0 unspecified atom stereocenters. The quantitative estimate of drug-likeness (QED) is 0.419. The molecule has 0 saturated carbocycles. The molecule has 0 bridgehead atoms. The van der Waals surface area contributed by atoms with Crippen molar-refractivity contribution < 1.29 is 4.79 Å². The molecule has 52 valence electrons. The highest BCUT2D eigenvalue weighted by Gasteiger charge is 1.93. The molecule has 0 N–H and O–H groups in total. The van der Waals surface area contributed by atoms with Gasteiger partial charge in [0.15, 0.2) is 0 Å². The predicted octanol–water partition coefficient (Wildman–Crippen LogP) is 0.870. The Morgan fingerprint density at radius 1 is 1.67 bits per heavy atom. The van der Waals surface area contributed by atoms with Gasteiger partial charge in [0.05, 0.1) is 0 Å². The Hall–Kier alpha value is -0.500. The Bertz CT molecular complexity index is 120. The lowest BCUT2D eigenvalue weighted by molar-refractivity contribution is -0.123. The Balaban J connectivity index is 3.63. The van der Waals surface area contributed by atoms with Crippen LogP contribution in [0.1, 0.15) is 0 Å². The van der Waals surface area contributed by atoms with Crippen molar-refractivity contribution in [2.45, 2.75) is 0 Å². The Morgan fingerprint density at radius 2 is 2.22 bits per heavy atom. The van der Waals surface area contributed by atoms with Crippen molar-refractivity contribution in [2.75, 3.05) is 20.0 Å². The molecule has 0 aromatic carbocycles. The molecule has 0 aliphatic rings. The largest absolute Gasteiger partial charge is 0.345 e. The maximum Gasteiger partial charge on any atom is 0.245 e. The summed E-state index contributed by atoms with van der Waals surface area (Å²) in [5.41, 5.74) is 0. The molecule has 0 fully saturated rings. The number of hydrogen-bond acceptors (Lipinski definition) is 1. The number of carbonyl (C=O) groups is 1. The molecule has 0 rings (SSSR count). The molecule has 0 atom stereocenters. The van der Waals surface area contributed by atoms with E-state index in [-0.39, 0.29) is 5.91 Å². The summed E-state index contributed by atoms with van der Waals surface area (Å²) >= 11 is 5.29. The first-order valence-electron chi connectivity index (χ1n) is 2.62. The fourth-order valence-electron chi connectivity index (χ4n) is 0.294. The molecule has 3 heteroatoms. The Morgan fingerprint density at radius 3 is 2.56 bits per heavy atom. The maximum absolute atomic E-state index is 10.7. The van der Waals surface area contributed by atoms with Crippen LogP contribution >= 0.6 is 11.6 Å². The van der Waals surface area contributed by atoms with Crippen LogP contribution < -0.4 is 0 Å². The standard InChI is InChI=1S/C6H10ClNO/c1-8(2)6(9)4-3-5-7/h3-4H,5H2,1-2H3. The third-order valence-electron chi connectivity index (χ3n) is 0.790. The van der Waals surface area contributed by atoms with Gasteiger partial charge in [-0.15, -0.1) is 11.6 Å². The van der Waals surface area contributed by atoms with E-state index in [2.05, 4.69) is 0 Å². The van der Waals surface area contributed by atoms with Gasteiger partial charge in [0, 0.05) is 26.1 Å². The van der Waals surface area contributed by atoms with E-state index >= 15 is 0 Å². The van der Waals surface area contributed by atoms with E-state index in [4.69, 9.17) is 11.6 Å². The number of likely N-dealkylation sites (N-methyl/N-ethyl adjacent to an activating group) is 1. The van der Waals surface area contributed by atoms with Gasteiger partial charge >= 0.3 is 0 Å². The summed E-state index contributed by atoms with van der Waals surface area (Å²) in [7, 11) is 3.39. The van der Waals surface area contributed by atoms with Gasteiger partial charge in [-0.25, -0.2) is 0 Å². The van der Waals surface area contributed by atoms with Crippen LogP contribution in [0.3, 0.4) is 0 Å². The minimum atomic E-state index is -0.0318. The molecule has 0 heterocycles. The number of hydrogen-bond donors (Lipinski definition) is 0. The molecular weight excluding hydrogens is 138 g/mol. The Labute approximate surface area is 60.1 Å². The van der Waals surface area contributed by atoms with Crippen molar-refractivity contribution in [1.29, 1.82) is 0 Å². The highest BCUT2D eigenvalue weighted by molar-refractivity contribution is 6.19. The van der Waals surface area contributed by atoms with E-state index < -0.39 is 0 Å². The monoisotopic (exact) mass is 147 g/mol. The second-order valence-electron chi connectivity index (χ2n) is 1.79. The summed E-state index contributed by atoms with van der Waals surface area (Å²) in [5, 5.41) is 0. The van der Waals surface area contributed by atoms with E-state index in [9.17, 15) is 4.79 Å². The third-order valence-corrected chi connectivity index (χ3v) is 0.968. The molecule has 0 aromatic heterocycles. The highest BCUT2D eigenvalue weighted by Crippen LogP contribution is 1.82. The molecule has 0 saturated heterocycles. The van der Waals surface area contributed by atoms with Crippen LogP contribution in [0.5, 0.6) is 0 Å². The van der Waals surface area contributed by atoms with E-state index in [0.717, 1.165) is 0 Å². The highest BCUT2D eigenvalue weighted by atomic mass is 35.5. The number of alkyl halides is 1. The zero-order valence-corrected chi connectivity index (χ0v) is 6.35. The second-order valence-corrected chi connectivity index (χ2v) is 2.10.